The van der Waals surface area contributed by atoms with Crippen LogP contribution >= 0.6 is 0 Å². The summed E-state index contributed by atoms with van der Waals surface area (Å²) in [7, 11) is -4.27. The van der Waals surface area contributed by atoms with E-state index in [9.17, 15) is 17.6 Å². The first-order chi connectivity index (χ1) is 16.4. The number of nitrogens with one attached hydrogen (secondary N) is 1. The SMILES string of the molecule is Cc1cc(F)cc(-c2ccc(C(=O)NS(=O)(=O)c3cccc(N)n3)c(N3CCC(C)C3(C)C)n2)c1. The molecule has 3 heterocycles. The number of pyridine rings is 2. The molecular weight excluding hydrogens is 469 g/mol. The van der Waals surface area contributed by atoms with Gasteiger partial charge in [0.1, 0.15) is 17.5 Å². The van der Waals surface area contributed by atoms with Crippen LogP contribution in [-0.4, -0.2) is 36.4 Å². The number of carbonyl (C=O) groups excluding carboxylic acids is 1. The number of hydrogen-bond donors (Lipinski definition) is 2. The highest BCUT2D eigenvalue weighted by Gasteiger charge is 2.41. The van der Waals surface area contributed by atoms with Crippen molar-refractivity contribution < 1.29 is 17.6 Å². The predicted molar refractivity (Wildman–Crippen MR) is 133 cm³/mol. The molecule has 1 aliphatic heterocycles. The van der Waals surface area contributed by atoms with Gasteiger partial charge in [-0.05, 0) is 81.1 Å². The fourth-order valence-electron chi connectivity index (χ4n) is 4.30. The first kappa shape index (κ1) is 24.6. The molecule has 1 amide bonds. The van der Waals surface area contributed by atoms with Gasteiger partial charge in [-0.2, -0.15) is 8.42 Å². The molecule has 0 radical (unpaired) electrons. The molecule has 3 N–H and O–H groups in total. The number of nitrogen functional groups attached to an aromatic ring is 1. The van der Waals surface area contributed by atoms with E-state index < -0.39 is 15.9 Å². The summed E-state index contributed by atoms with van der Waals surface area (Å²) in [5.41, 5.74) is 7.15. The summed E-state index contributed by atoms with van der Waals surface area (Å²) >= 11 is 0. The van der Waals surface area contributed by atoms with E-state index in [1.807, 2.05) is 11.0 Å². The zero-order valence-electron chi connectivity index (χ0n) is 20.0. The number of halogens is 1. The molecule has 2 aromatic heterocycles. The van der Waals surface area contributed by atoms with Crippen molar-refractivity contribution in [3.63, 3.8) is 0 Å². The van der Waals surface area contributed by atoms with Crippen LogP contribution in [0, 0.1) is 18.7 Å². The summed E-state index contributed by atoms with van der Waals surface area (Å²) in [5.74, 6) is -0.562. The minimum Gasteiger partial charge on any atom is -0.384 e. The van der Waals surface area contributed by atoms with Crippen LogP contribution in [0.5, 0.6) is 0 Å². The Morgan fingerprint density at radius 2 is 1.91 bits per heavy atom. The van der Waals surface area contributed by atoms with Crippen molar-refractivity contribution in [3.8, 4) is 11.3 Å². The Hall–Kier alpha value is -3.53. The second-order valence-electron chi connectivity index (χ2n) is 9.42. The second-order valence-corrected chi connectivity index (χ2v) is 11.0. The summed E-state index contributed by atoms with van der Waals surface area (Å²) in [6.07, 6.45) is 0.880. The third-order valence-electron chi connectivity index (χ3n) is 6.65. The standard InChI is InChI=1S/C25H28FN5O3S/c1-15-12-17(14-18(26)13-15)20-9-8-19(23(28-20)31-11-10-16(2)25(31,3)4)24(32)30-35(33,34)22-7-5-6-21(27)29-22/h5-9,12-14,16H,10-11H2,1-4H3,(H2,27,29)(H,30,32). The van der Waals surface area contributed by atoms with Gasteiger partial charge in [0.15, 0.2) is 5.03 Å². The van der Waals surface area contributed by atoms with E-state index in [4.69, 9.17) is 10.7 Å². The number of anilines is 2. The van der Waals surface area contributed by atoms with Gasteiger partial charge in [-0.1, -0.05) is 13.0 Å². The Morgan fingerprint density at radius 3 is 2.54 bits per heavy atom. The highest BCUT2D eigenvalue weighted by molar-refractivity contribution is 7.90. The lowest BCUT2D eigenvalue weighted by atomic mass is 9.90. The van der Waals surface area contributed by atoms with Gasteiger partial charge in [-0.15, -0.1) is 0 Å². The van der Waals surface area contributed by atoms with E-state index in [0.29, 0.717) is 29.5 Å². The van der Waals surface area contributed by atoms with Crippen LogP contribution in [0.2, 0.25) is 0 Å². The molecule has 8 nitrogen and oxygen atoms in total. The molecule has 1 atom stereocenters. The second kappa shape index (κ2) is 8.92. The van der Waals surface area contributed by atoms with E-state index >= 15 is 0 Å². The smallest absolute Gasteiger partial charge is 0.281 e. The van der Waals surface area contributed by atoms with Crippen molar-refractivity contribution in [1.29, 1.82) is 0 Å². The summed E-state index contributed by atoms with van der Waals surface area (Å²) in [5, 5.41) is -0.359. The van der Waals surface area contributed by atoms with Gasteiger partial charge in [-0.3, -0.25) is 4.79 Å². The van der Waals surface area contributed by atoms with Crippen LogP contribution in [0.3, 0.4) is 0 Å². The Balaban J connectivity index is 1.79. The Labute approximate surface area is 204 Å². The van der Waals surface area contributed by atoms with E-state index in [0.717, 1.165) is 12.0 Å². The number of benzene rings is 1. The molecule has 184 valence electrons. The fourth-order valence-corrected chi connectivity index (χ4v) is 5.24. The van der Waals surface area contributed by atoms with Gasteiger partial charge in [0.05, 0.1) is 11.3 Å². The van der Waals surface area contributed by atoms with Gasteiger partial charge in [-0.25, -0.2) is 19.1 Å². The zero-order valence-corrected chi connectivity index (χ0v) is 20.9. The molecule has 3 aromatic rings. The number of hydrogen-bond acceptors (Lipinski definition) is 7. The number of nitrogens with zero attached hydrogens (tertiary/aromatic N) is 3. The van der Waals surface area contributed by atoms with E-state index in [-0.39, 0.29) is 27.8 Å². The Morgan fingerprint density at radius 1 is 1.17 bits per heavy atom. The Kier molecular flexibility index (Phi) is 6.27. The van der Waals surface area contributed by atoms with Crippen molar-refractivity contribution in [3.05, 3.63) is 65.5 Å². The molecule has 35 heavy (non-hydrogen) atoms. The van der Waals surface area contributed by atoms with Gasteiger partial charge in [0, 0.05) is 17.6 Å². The number of aromatic nitrogens is 2. The predicted octanol–water partition coefficient (Wildman–Crippen LogP) is 3.92. The van der Waals surface area contributed by atoms with Crippen molar-refractivity contribution in [2.24, 2.45) is 5.92 Å². The van der Waals surface area contributed by atoms with Crippen LogP contribution in [0.1, 0.15) is 43.1 Å². The van der Waals surface area contributed by atoms with Crippen LogP contribution in [0.15, 0.2) is 53.6 Å². The number of nitrogens with two attached hydrogens (primary N) is 1. The van der Waals surface area contributed by atoms with Gasteiger partial charge < -0.3 is 10.6 Å². The van der Waals surface area contributed by atoms with E-state index in [1.165, 1.54) is 36.4 Å². The van der Waals surface area contributed by atoms with E-state index in [2.05, 4.69) is 30.5 Å². The first-order valence-electron chi connectivity index (χ1n) is 11.2. The molecule has 1 aromatic carbocycles. The molecule has 1 aliphatic rings. The summed E-state index contributed by atoms with van der Waals surface area (Å²) in [4.78, 5) is 23.8. The molecule has 10 heteroatoms. The average molecular weight is 498 g/mol. The van der Waals surface area contributed by atoms with E-state index in [1.54, 1.807) is 13.0 Å². The maximum absolute atomic E-state index is 14.1. The van der Waals surface area contributed by atoms with Gasteiger partial charge in [0.25, 0.3) is 15.9 Å². The van der Waals surface area contributed by atoms with Crippen molar-refractivity contribution >= 4 is 27.6 Å². The molecular formula is C25H28FN5O3S. The number of amides is 1. The highest BCUT2D eigenvalue weighted by Crippen LogP contribution is 2.39. The lowest BCUT2D eigenvalue weighted by molar-refractivity contribution is 0.0981. The molecule has 0 spiro atoms. The monoisotopic (exact) mass is 497 g/mol. The quantitative estimate of drug-likeness (QED) is 0.548. The normalized spacial score (nSPS) is 17.4. The van der Waals surface area contributed by atoms with Crippen LogP contribution in [-0.2, 0) is 10.0 Å². The lowest BCUT2D eigenvalue weighted by Crippen LogP contribution is -2.43. The maximum Gasteiger partial charge on any atom is 0.281 e. The largest absolute Gasteiger partial charge is 0.384 e. The highest BCUT2D eigenvalue weighted by atomic mass is 32.2. The first-order valence-corrected chi connectivity index (χ1v) is 12.7. The van der Waals surface area contributed by atoms with Gasteiger partial charge in [0.2, 0.25) is 0 Å². The summed E-state index contributed by atoms with van der Waals surface area (Å²) in [6, 6.07) is 11.9. The number of rotatable bonds is 5. The molecule has 0 saturated carbocycles. The molecule has 4 rings (SSSR count). The molecule has 0 bridgehead atoms. The fraction of sp³-hybridized carbons (Fsp3) is 0.320. The lowest BCUT2D eigenvalue weighted by Gasteiger charge is -2.36. The maximum atomic E-state index is 14.1. The summed E-state index contributed by atoms with van der Waals surface area (Å²) in [6.45, 7) is 8.66. The molecule has 0 aliphatic carbocycles. The number of aryl methyl sites for hydroxylation is 1. The minimum atomic E-state index is -4.27. The van der Waals surface area contributed by atoms with Crippen LogP contribution in [0.4, 0.5) is 16.0 Å². The van der Waals surface area contributed by atoms with Crippen molar-refractivity contribution in [1.82, 2.24) is 14.7 Å². The van der Waals surface area contributed by atoms with Gasteiger partial charge >= 0.3 is 0 Å². The third kappa shape index (κ3) is 4.84. The number of sulfonamides is 1. The summed E-state index contributed by atoms with van der Waals surface area (Å²) < 4.78 is 41.8. The molecule has 1 saturated heterocycles. The topological polar surface area (TPSA) is 118 Å². The van der Waals surface area contributed by atoms with Crippen molar-refractivity contribution in [2.75, 3.05) is 17.2 Å². The third-order valence-corrected chi connectivity index (χ3v) is 7.88. The van der Waals surface area contributed by atoms with Crippen molar-refractivity contribution in [2.45, 2.75) is 44.7 Å². The van der Waals surface area contributed by atoms with Crippen LogP contribution < -0.4 is 15.4 Å². The Bertz CT molecular complexity index is 1390. The minimum absolute atomic E-state index is 0.0187. The van der Waals surface area contributed by atoms with Crippen LogP contribution in [0.25, 0.3) is 11.3 Å². The molecule has 1 fully saturated rings. The zero-order chi connectivity index (χ0) is 25.5. The average Bonchev–Trinajstić information content (AvgIpc) is 3.04. The molecule has 1 unspecified atom stereocenters. The number of carbonyl (C=O) groups is 1.